The smallest absolute Gasteiger partial charge is 0.263 e. The van der Waals surface area contributed by atoms with E-state index in [-0.39, 0.29) is 16.5 Å². The van der Waals surface area contributed by atoms with Crippen molar-refractivity contribution in [3.63, 3.8) is 0 Å². The van der Waals surface area contributed by atoms with Crippen LogP contribution in [0.25, 0.3) is 11.0 Å². The Hall–Kier alpha value is -3.79. The summed E-state index contributed by atoms with van der Waals surface area (Å²) in [4.78, 5) is 9.11. The van der Waals surface area contributed by atoms with Crippen LogP contribution in [-0.4, -0.2) is 40.5 Å². The van der Waals surface area contributed by atoms with Gasteiger partial charge >= 0.3 is 0 Å². The van der Waals surface area contributed by atoms with Crippen molar-refractivity contribution in [2.75, 3.05) is 24.3 Å². The molecule has 160 valence electrons. The number of sulfonamides is 1. The van der Waals surface area contributed by atoms with Crippen LogP contribution in [0.4, 0.5) is 17.3 Å². The largest absolute Gasteiger partial charge is 0.497 e. The third-order valence-electron chi connectivity index (χ3n) is 4.61. The number of rotatable bonds is 7. The van der Waals surface area contributed by atoms with E-state index in [1.807, 2.05) is 6.07 Å². The predicted molar refractivity (Wildman–Crippen MR) is 125 cm³/mol. The van der Waals surface area contributed by atoms with E-state index in [0.717, 1.165) is 0 Å². The normalized spacial score (nSPS) is 11.2. The molecule has 2 radical (unpaired) electrons. The van der Waals surface area contributed by atoms with Gasteiger partial charge in [0.2, 0.25) is 0 Å². The van der Waals surface area contributed by atoms with Crippen molar-refractivity contribution in [2.45, 2.75) is 4.90 Å². The minimum absolute atomic E-state index is 0.0438. The number of benzene rings is 3. The Balaban J connectivity index is 1.78. The Kier molecular flexibility index (Phi) is 5.87. The Bertz CT molecular complexity index is 1360. The average Bonchev–Trinajstić information content (AvgIpc) is 2.79. The number of nitrogens with one attached hydrogen (secondary N) is 2. The summed E-state index contributed by atoms with van der Waals surface area (Å²) in [5, 5.41) is 3.12. The maximum Gasteiger partial charge on any atom is 0.263 e. The fourth-order valence-corrected chi connectivity index (χ4v) is 4.02. The van der Waals surface area contributed by atoms with Crippen LogP contribution >= 0.6 is 0 Å². The second-order valence-electron chi connectivity index (χ2n) is 6.81. The summed E-state index contributed by atoms with van der Waals surface area (Å²) in [6.45, 7) is 0. The molecule has 0 bridgehead atoms. The van der Waals surface area contributed by atoms with Crippen molar-refractivity contribution in [2.24, 2.45) is 0 Å². The number of aromatic nitrogens is 2. The first-order chi connectivity index (χ1) is 15.4. The van der Waals surface area contributed by atoms with Gasteiger partial charge in [0.25, 0.3) is 10.0 Å². The molecule has 0 saturated carbocycles. The molecule has 0 saturated heterocycles. The van der Waals surface area contributed by atoms with Crippen LogP contribution in [0.1, 0.15) is 0 Å². The van der Waals surface area contributed by atoms with Gasteiger partial charge in [-0.15, -0.1) is 0 Å². The number of para-hydroxylation sites is 2. The highest BCUT2D eigenvalue weighted by atomic mass is 32.2. The van der Waals surface area contributed by atoms with E-state index in [4.69, 9.17) is 17.3 Å². The molecule has 1 aromatic heterocycles. The summed E-state index contributed by atoms with van der Waals surface area (Å²) in [7, 11) is 4.82. The lowest BCUT2D eigenvalue weighted by atomic mass is 9.97. The molecule has 0 unspecified atom stereocenters. The molecule has 0 spiro atoms. The molecule has 4 aromatic rings. The summed E-state index contributed by atoms with van der Waals surface area (Å²) in [6.07, 6.45) is 0. The van der Waals surface area contributed by atoms with Crippen LogP contribution in [-0.2, 0) is 10.0 Å². The Morgan fingerprint density at radius 2 is 1.38 bits per heavy atom. The Labute approximate surface area is 187 Å². The maximum absolute atomic E-state index is 13.0. The number of fused-ring (bicyclic) bond motifs is 1. The first kappa shape index (κ1) is 21.4. The Morgan fingerprint density at radius 3 is 1.94 bits per heavy atom. The van der Waals surface area contributed by atoms with Gasteiger partial charge in [0, 0.05) is 23.9 Å². The fourth-order valence-electron chi connectivity index (χ4n) is 3.01. The third-order valence-corrected chi connectivity index (χ3v) is 5.96. The Morgan fingerprint density at radius 1 is 0.812 bits per heavy atom. The molecule has 4 rings (SSSR count). The monoisotopic (exact) mass is 446 g/mol. The molecule has 3 aromatic carbocycles. The van der Waals surface area contributed by atoms with Gasteiger partial charge in [-0.05, 0) is 24.3 Å². The lowest BCUT2D eigenvalue weighted by Gasteiger charge is -2.15. The summed E-state index contributed by atoms with van der Waals surface area (Å²) >= 11 is 0. The quantitative estimate of drug-likeness (QED) is 0.421. The fraction of sp³-hybridized carbons (Fsp3) is 0.0909. The first-order valence-electron chi connectivity index (χ1n) is 9.53. The molecular weight excluding hydrogens is 427 g/mol. The van der Waals surface area contributed by atoms with Crippen LogP contribution in [0.3, 0.4) is 0 Å². The summed E-state index contributed by atoms with van der Waals surface area (Å²) in [5.41, 5.74) is 2.18. The summed E-state index contributed by atoms with van der Waals surface area (Å²) in [5.74, 6) is 1.38. The van der Waals surface area contributed by atoms with Crippen LogP contribution in [0.2, 0.25) is 0 Å². The van der Waals surface area contributed by atoms with E-state index in [0.29, 0.717) is 33.7 Å². The molecule has 0 amide bonds. The van der Waals surface area contributed by atoms with Gasteiger partial charge in [0.05, 0.1) is 30.1 Å². The zero-order valence-electron chi connectivity index (χ0n) is 17.4. The van der Waals surface area contributed by atoms with Gasteiger partial charge in [-0.2, -0.15) is 0 Å². The predicted octanol–water partition coefficient (Wildman–Crippen LogP) is 2.99. The van der Waals surface area contributed by atoms with Gasteiger partial charge < -0.3 is 14.8 Å². The van der Waals surface area contributed by atoms with Gasteiger partial charge in [-0.25, -0.2) is 18.4 Å². The highest BCUT2D eigenvalue weighted by molar-refractivity contribution is 7.92. The highest BCUT2D eigenvalue weighted by Gasteiger charge is 2.19. The minimum Gasteiger partial charge on any atom is -0.497 e. The van der Waals surface area contributed by atoms with Crippen LogP contribution in [0.15, 0.2) is 71.6 Å². The number of methoxy groups -OCH3 is 2. The molecule has 10 heteroatoms. The van der Waals surface area contributed by atoms with Crippen molar-refractivity contribution in [1.82, 2.24) is 9.97 Å². The lowest BCUT2D eigenvalue weighted by Crippen LogP contribution is -2.16. The van der Waals surface area contributed by atoms with Gasteiger partial charge in [-0.3, -0.25) is 4.72 Å². The number of ether oxygens (including phenoxy) is 2. The molecule has 0 fully saturated rings. The molecule has 0 aliphatic carbocycles. The number of hydrogen-bond acceptors (Lipinski definition) is 7. The van der Waals surface area contributed by atoms with Gasteiger partial charge in [0.1, 0.15) is 19.3 Å². The third kappa shape index (κ3) is 4.60. The summed E-state index contributed by atoms with van der Waals surface area (Å²) < 4.78 is 39.1. The molecule has 1 heterocycles. The topological polar surface area (TPSA) is 102 Å². The standard InChI is InChI=1S/C22H19BN4O4S/c1-30-16-11-15(12-17(13-16)31-2)24-21-22(26-20-6-4-3-5-19(20)25-21)27-32(28,29)18-9-7-14(23)8-10-18/h3-13H,1-2H3,(H,24,25)(H,26,27). The molecule has 0 aliphatic rings. The van der Waals surface area contributed by atoms with Crippen molar-refractivity contribution in [1.29, 1.82) is 0 Å². The van der Waals surface area contributed by atoms with E-state index in [1.54, 1.807) is 50.6 Å². The first-order valence-corrected chi connectivity index (χ1v) is 11.0. The number of anilines is 3. The lowest BCUT2D eigenvalue weighted by molar-refractivity contribution is 0.395. The van der Waals surface area contributed by atoms with Crippen LogP contribution < -0.4 is 25.0 Å². The van der Waals surface area contributed by atoms with Crippen LogP contribution in [0.5, 0.6) is 11.5 Å². The highest BCUT2D eigenvalue weighted by Crippen LogP contribution is 2.31. The van der Waals surface area contributed by atoms with E-state index >= 15 is 0 Å². The summed E-state index contributed by atoms with van der Waals surface area (Å²) in [6, 6.07) is 18.2. The zero-order valence-corrected chi connectivity index (χ0v) is 18.2. The molecule has 8 nitrogen and oxygen atoms in total. The van der Waals surface area contributed by atoms with Crippen molar-refractivity contribution in [3.8, 4) is 11.5 Å². The molecule has 2 N–H and O–H groups in total. The van der Waals surface area contributed by atoms with Gasteiger partial charge in [0.15, 0.2) is 11.6 Å². The zero-order chi connectivity index (χ0) is 22.7. The minimum atomic E-state index is -3.94. The van der Waals surface area contributed by atoms with Crippen LogP contribution in [0, 0.1) is 0 Å². The number of nitrogens with zero attached hydrogens (tertiary/aromatic N) is 2. The maximum atomic E-state index is 13.0. The van der Waals surface area contributed by atoms with E-state index < -0.39 is 10.0 Å². The van der Waals surface area contributed by atoms with E-state index in [2.05, 4.69) is 20.0 Å². The molecular formula is C22H19BN4O4S. The second kappa shape index (κ2) is 8.76. The van der Waals surface area contributed by atoms with Gasteiger partial charge in [-0.1, -0.05) is 29.7 Å². The van der Waals surface area contributed by atoms with Crippen molar-refractivity contribution in [3.05, 3.63) is 66.7 Å². The molecule has 0 aliphatic heterocycles. The van der Waals surface area contributed by atoms with Crippen molar-refractivity contribution < 1.29 is 17.9 Å². The van der Waals surface area contributed by atoms with Crippen molar-refractivity contribution >= 4 is 51.7 Å². The number of hydrogen-bond donors (Lipinski definition) is 2. The SMILES string of the molecule is [B]c1ccc(S(=O)(=O)Nc2nc3ccccc3nc2Nc2cc(OC)cc(OC)c2)cc1. The van der Waals surface area contributed by atoms with E-state index in [9.17, 15) is 8.42 Å². The van der Waals surface area contributed by atoms with E-state index in [1.165, 1.54) is 24.3 Å². The average molecular weight is 446 g/mol. The molecule has 0 atom stereocenters. The molecule has 32 heavy (non-hydrogen) atoms. The second-order valence-corrected chi connectivity index (χ2v) is 8.49.